The van der Waals surface area contributed by atoms with E-state index in [0.29, 0.717) is 5.75 Å². The molecule has 4 nitrogen and oxygen atoms in total. The minimum absolute atomic E-state index is 0.0600. The smallest absolute Gasteiger partial charge is 0.404 e. The first-order valence-corrected chi connectivity index (χ1v) is 5.70. The molecule has 0 spiro atoms. The van der Waals surface area contributed by atoms with Gasteiger partial charge in [-0.15, -0.1) is 0 Å². The second-order valence-electron chi connectivity index (χ2n) is 3.58. The van der Waals surface area contributed by atoms with Crippen LogP contribution in [0.5, 0.6) is 5.75 Å². The lowest BCUT2D eigenvalue weighted by molar-refractivity contribution is 0.193. The average Bonchev–Trinajstić information content (AvgIpc) is 2.17. The van der Waals surface area contributed by atoms with Gasteiger partial charge in [0.25, 0.3) is 0 Å². The highest BCUT2D eigenvalue weighted by molar-refractivity contribution is 9.10. The first-order valence-electron chi connectivity index (χ1n) is 4.91. The quantitative estimate of drug-likeness (QED) is 0.895. The molecule has 1 rings (SSSR count). The van der Waals surface area contributed by atoms with E-state index in [0.717, 1.165) is 10.0 Å². The molecule has 0 atom stereocenters. The Kier molecular flexibility index (Phi) is 4.61. The highest BCUT2D eigenvalue weighted by atomic mass is 79.9. The van der Waals surface area contributed by atoms with Gasteiger partial charge in [-0.25, -0.2) is 4.79 Å². The first-order chi connectivity index (χ1) is 7.49. The van der Waals surface area contributed by atoms with E-state index in [4.69, 9.17) is 9.84 Å². The van der Waals surface area contributed by atoms with E-state index in [-0.39, 0.29) is 12.6 Å². The normalized spacial score (nSPS) is 10.2. The van der Waals surface area contributed by atoms with Crippen molar-refractivity contribution in [3.8, 4) is 5.75 Å². The molecule has 0 bridgehead atoms. The molecular formula is C11H14BrNO3. The number of amides is 1. The Morgan fingerprint density at radius 1 is 1.56 bits per heavy atom. The van der Waals surface area contributed by atoms with Crippen molar-refractivity contribution in [2.75, 3.05) is 0 Å². The Hall–Kier alpha value is -1.23. The number of rotatable bonds is 4. The van der Waals surface area contributed by atoms with Gasteiger partial charge in [0.2, 0.25) is 0 Å². The fourth-order valence-electron chi connectivity index (χ4n) is 1.23. The van der Waals surface area contributed by atoms with E-state index in [1.807, 2.05) is 32.0 Å². The third kappa shape index (κ3) is 4.10. The van der Waals surface area contributed by atoms with Gasteiger partial charge in [0.15, 0.2) is 0 Å². The number of carbonyl (C=O) groups is 1. The van der Waals surface area contributed by atoms with Crippen LogP contribution >= 0.6 is 15.9 Å². The second-order valence-corrected chi connectivity index (χ2v) is 4.49. The van der Waals surface area contributed by atoms with E-state index in [1.165, 1.54) is 0 Å². The lowest BCUT2D eigenvalue weighted by Crippen LogP contribution is -2.20. The summed E-state index contributed by atoms with van der Waals surface area (Å²) in [6.07, 6.45) is -0.986. The zero-order valence-electron chi connectivity index (χ0n) is 9.16. The topological polar surface area (TPSA) is 58.6 Å². The van der Waals surface area contributed by atoms with Crippen LogP contribution in [-0.4, -0.2) is 17.3 Å². The predicted molar refractivity (Wildman–Crippen MR) is 64.8 cm³/mol. The minimum atomic E-state index is -1.05. The third-order valence-electron chi connectivity index (χ3n) is 1.82. The van der Waals surface area contributed by atoms with Crippen molar-refractivity contribution >= 4 is 22.0 Å². The number of ether oxygens (including phenoxy) is 1. The van der Waals surface area contributed by atoms with Crippen LogP contribution in [0.3, 0.4) is 0 Å². The summed E-state index contributed by atoms with van der Waals surface area (Å²) in [7, 11) is 0. The van der Waals surface area contributed by atoms with Crippen molar-refractivity contribution in [1.29, 1.82) is 0 Å². The van der Waals surface area contributed by atoms with Crippen LogP contribution in [-0.2, 0) is 6.54 Å². The van der Waals surface area contributed by atoms with Crippen LogP contribution in [0.1, 0.15) is 19.4 Å². The maximum absolute atomic E-state index is 10.4. The van der Waals surface area contributed by atoms with Crippen molar-refractivity contribution in [3.05, 3.63) is 28.2 Å². The van der Waals surface area contributed by atoms with Crippen LogP contribution in [0.25, 0.3) is 0 Å². The van der Waals surface area contributed by atoms with Crippen molar-refractivity contribution in [1.82, 2.24) is 5.32 Å². The second kappa shape index (κ2) is 5.75. The lowest BCUT2D eigenvalue weighted by atomic mass is 10.2. The zero-order chi connectivity index (χ0) is 12.1. The van der Waals surface area contributed by atoms with Crippen LogP contribution in [0, 0.1) is 0 Å². The van der Waals surface area contributed by atoms with Crippen LogP contribution in [0.2, 0.25) is 0 Å². The molecule has 0 aliphatic carbocycles. The van der Waals surface area contributed by atoms with Crippen molar-refractivity contribution in [2.45, 2.75) is 26.5 Å². The van der Waals surface area contributed by atoms with E-state index in [1.54, 1.807) is 0 Å². The maximum atomic E-state index is 10.4. The summed E-state index contributed by atoms with van der Waals surface area (Å²) in [5, 5.41) is 10.9. The van der Waals surface area contributed by atoms with Gasteiger partial charge in [-0.05, 0) is 32.0 Å². The summed E-state index contributed by atoms with van der Waals surface area (Å²) < 4.78 is 6.47. The maximum Gasteiger partial charge on any atom is 0.404 e. The van der Waals surface area contributed by atoms with Gasteiger partial charge >= 0.3 is 6.09 Å². The van der Waals surface area contributed by atoms with E-state index < -0.39 is 6.09 Å². The van der Waals surface area contributed by atoms with Crippen LogP contribution < -0.4 is 10.1 Å². The predicted octanol–water partition coefficient (Wildman–Crippen LogP) is 3.00. The Bertz CT molecular complexity index is 379. The summed E-state index contributed by atoms with van der Waals surface area (Å²) in [6, 6.07) is 5.53. The molecule has 5 heteroatoms. The number of halogens is 1. The van der Waals surface area contributed by atoms with E-state index in [2.05, 4.69) is 21.2 Å². The molecule has 0 fully saturated rings. The number of hydrogen-bond acceptors (Lipinski definition) is 2. The molecule has 0 saturated heterocycles. The molecule has 0 aliphatic heterocycles. The van der Waals surface area contributed by atoms with Crippen LogP contribution in [0.4, 0.5) is 4.79 Å². The Morgan fingerprint density at radius 3 is 2.81 bits per heavy atom. The molecule has 0 saturated carbocycles. The molecule has 0 heterocycles. The fraction of sp³-hybridized carbons (Fsp3) is 0.364. The molecule has 88 valence electrons. The van der Waals surface area contributed by atoms with Crippen molar-refractivity contribution < 1.29 is 14.6 Å². The van der Waals surface area contributed by atoms with Crippen LogP contribution in [0.15, 0.2) is 22.7 Å². The third-order valence-corrected chi connectivity index (χ3v) is 2.31. The number of carboxylic acid groups (broad SMARTS) is 1. The standard InChI is InChI=1S/C11H14BrNO3/c1-7(2)16-10-4-3-9(12)5-8(10)6-13-11(14)15/h3-5,7,13H,6H2,1-2H3,(H,14,15). The largest absolute Gasteiger partial charge is 0.491 e. The Morgan fingerprint density at radius 2 is 2.25 bits per heavy atom. The van der Waals surface area contributed by atoms with E-state index >= 15 is 0 Å². The summed E-state index contributed by atoms with van der Waals surface area (Å²) in [4.78, 5) is 10.4. The molecule has 1 aromatic carbocycles. The average molecular weight is 288 g/mol. The molecule has 0 radical (unpaired) electrons. The number of benzene rings is 1. The van der Waals surface area contributed by atoms with Gasteiger partial charge in [-0.2, -0.15) is 0 Å². The van der Waals surface area contributed by atoms with Gasteiger partial charge in [0.05, 0.1) is 6.10 Å². The minimum Gasteiger partial charge on any atom is -0.491 e. The highest BCUT2D eigenvalue weighted by Gasteiger charge is 2.07. The molecule has 1 amide bonds. The number of hydrogen-bond donors (Lipinski definition) is 2. The lowest BCUT2D eigenvalue weighted by Gasteiger charge is -2.14. The molecule has 1 aromatic rings. The molecule has 0 aromatic heterocycles. The van der Waals surface area contributed by atoms with Crippen molar-refractivity contribution in [2.24, 2.45) is 0 Å². The van der Waals surface area contributed by atoms with Gasteiger partial charge in [-0.3, -0.25) is 0 Å². The number of nitrogens with one attached hydrogen (secondary N) is 1. The SMILES string of the molecule is CC(C)Oc1ccc(Br)cc1CNC(=O)O. The summed E-state index contributed by atoms with van der Waals surface area (Å²) in [6.45, 7) is 4.09. The molecule has 0 unspecified atom stereocenters. The monoisotopic (exact) mass is 287 g/mol. The first kappa shape index (κ1) is 12.8. The summed E-state index contributed by atoms with van der Waals surface area (Å²) in [5.41, 5.74) is 0.811. The molecule has 2 N–H and O–H groups in total. The van der Waals surface area contributed by atoms with Crippen molar-refractivity contribution in [3.63, 3.8) is 0 Å². The van der Waals surface area contributed by atoms with Gasteiger partial charge < -0.3 is 15.2 Å². The summed E-state index contributed by atoms with van der Waals surface area (Å²) >= 11 is 3.34. The summed E-state index contributed by atoms with van der Waals surface area (Å²) in [5.74, 6) is 0.701. The Balaban J connectivity index is 2.84. The zero-order valence-corrected chi connectivity index (χ0v) is 10.7. The molecular weight excluding hydrogens is 274 g/mol. The highest BCUT2D eigenvalue weighted by Crippen LogP contribution is 2.24. The van der Waals surface area contributed by atoms with E-state index in [9.17, 15) is 4.79 Å². The van der Waals surface area contributed by atoms with Gasteiger partial charge in [0, 0.05) is 16.6 Å². The van der Waals surface area contributed by atoms with Gasteiger partial charge in [0.1, 0.15) is 5.75 Å². The van der Waals surface area contributed by atoms with Gasteiger partial charge in [-0.1, -0.05) is 15.9 Å². The molecule has 0 aliphatic rings. The Labute approximate surface area is 103 Å². The molecule has 16 heavy (non-hydrogen) atoms. The fourth-order valence-corrected chi connectivity index (χ4v) is 1.63.